The molecule has 8 aromatic rings. The van der Waals surface area contributed by atoms with Gasteiger partial charge in [0.25, 0.3) is 0 Å². The molecule has 0 spiro atoms. The summed E-state index contributed by atoms with van der Waals surface area (Å²) in [6.07, 6.45) is 0. The van der Waals surface area contributed by atoms with Crippen molar-refractivity contribution in [1.29, 1.82) is 0 Å². The van der Waals surface area contributed by atoms with Crippen molar-refractivity contribution in [3.8, 4) is 22.3 Å². The van der Waals surface area contributed by atoms with Crippen molar-refractivity contribution in [2.45, 2.75) is 19.3 Å². The van der Waals surface area contributed by atoms with Gasteiger partial charge in [-0.25, -0.2) is 0 Å². The molecule has 1 aliphatic rings. The third-order valence-electron chi connectivity index (χ3n) is 9.66. The maximum absolute atomic E-state index is 6.66. The second kappa shape index (κ2) is 9.70. The van der Waals surface area contributed by atoms with Crippen LogP contribution in [-0.2, 0) is 5.41 Å². The van der Waals surface area contributed by atoms with E-state index in [1.54, 1.807) is 0 Å². The van der Waals surface area contributed by atoms with Crippen LogP contribution in [-0.4, -0.2) is 0 Å². The van der Waals surface area contributed by atoms with E-state index in [0.717, 1.165) is 39.0 Å². The molecule has 0 N–H and O–H groups in total. The van der Waals surface area contributed by atoms with Crippen molar-refractivity contribution >= 4 is 49.8 Å². The lowest BCUT2D eigenvalue weighted by Gasteiger charge is -2.37. The van der Waals surface area contributed by atoms with Gasteiger partial charge in [0, 0.05) is 27.4 Å². The molecule has 45 heavy (non-hydrogen) atoms. The third-order valence-corrected chi connectivity index (χ3v) is 9.66. The number of benzene rings is 7. The summed E-state index contributed by atoms with van der Waals surface area (Å²) in [5, 5.41) is 4.82. The SMILES string of the molecule is CC1(C)c2ccccc2-c2c(N(c3ccc(-c4ccccc4)cc3)c3cccc4c3oc3ccccc34)ccc3cccc1c23. The number of rotatable bonds is 4. The molecule has 0 unspecified atom stereocenters. The van der Waals surface area contributed by atoms with Crippen molar-refractivity contribution in [2.75, 3.05) is 4.90 Å². The molecule has 214 valence electrons. The number of hydrogen-bond acceptors (Lipinski definition) is 2. The molecule has 9 rings (SSSR count). The standard InChI is InChI=1S/C43H31NO/c1-43(2)35-18-8-6-16-34(35)41-37(27-24-30-14-10-19-36(43)40(30)41)44(31-25-22-29(23-26-31)28-12-4-3-5-13-28)38-20-11-17-33-32-15-7-9-21-39(32)45-42(33)38/h3-27H,1-2H3. The van der Waals surface area contributed by atoms with Crippen LogP contribution in [0.1, 0.15) is 25.0 Å². The van der Waals surface area contributed by atoms with E-state index in [-0.39, 0.29) is 5.41 Å². The van der Waals surface area contributed by atoms with Crippen molar-refractivity contribution in [1.82, 2.24) is 0 Å². The van der Waals surface area contributed by atoms with Crippen molar-refractivity contribution in [3.05, 3.63) is 163 Å². The number of hydrogen-bond donors (Lipinski definition) is 0. The molecule has 0 amide bonds. The second-order valence-corrected chi connectivity index (χ2v) is 12.5. The average Bonchev–Trinajstić information content (AvgIpc) is 3.48. The van der Waals surface area contributed by atoms with Crippen LogP contribution in [0.25, 0.3) is 55.0 Å². The Morgan fingerprint density at radius 2 is 1.20 bits per heavy atom. The number of para-hydroxylation sites is 2. The predicted octanol–water partition coefficient (Wildman–Crippen LogP) is 12.2. The molecule has 0 aliphatic heterocycles. The van der Waals surface area contributed by atoms with Gasteiger partial charge in [0.15, 0.2) is 5.58 Å². The van der Waals surface area contributed by atoms with Gasteiger partial charge in [0.2, 0.25) is 0 Å². The molecule has 7 aromatic carbocycles. The van der Waals surface area contributed by atoms with Crippen LogP contribution in [0.2, 0.25) is 0 Å². The number of furan rings is 1. The van der Waals surface area contributed by atoms with Crippen LogP contribution in [0.4, 0.5) is 17.1 Å². The monoisotopic (exact) mass is 577 g/mol. The van der Waals surface area contributed by atoms with Gasteiger partial charge in [0.05, 0.1) is 11.4 Å². The zero-order valence-electron chi connectivity index (χ0n) is 25.3. The molecule has 0 fully saturated rings. The zero-order valence-corrected chi connectivity index (χ0v) is 25.3. The minimum atomic E-state index is -0.122. The summed E-state index contributed by atoms with van der Waals surface area (Å²) >= 11 is 0. The maximum atomic E-state index is 6.66. The molecule has 1 heterocycles. The molecule has 0 radical (unpaired) electrons. The summed E-state index contributed by atoms with van der Waals surface area (Å²) in [6.45, 7) is 4.71. The Bertz CT molecular complexity index is 2400. The van der Waals surface area contributed by atoms with Crippen LogP contribution in [0, 0.1) is 0 Å². The molecule has 0 atom stereocenters. The molecule has 2 heteroatoms. The highest BCUT2D eigenvalue weighted by atomic mass is 16.3. The first-order valence-electron chi connectivity index (χ1n) is 15.6. The minimum Gasteiger partial charge on any atom is -0.454 e. The summed E-state index contributed by atoms with van der Waals surface area (Å²) in [7, 11) is 0. The smallest absolute Gasteiger partial charge is 0.159 e. The second-order valence-electron chi connectivity index (χ2n) is 12.5. The lowest BCUT2D eigenvalue weighted by atomic mass is 9.68. The molecule has 0 saturated heterocycles. The summed E-state index contributed by atoms with van der Waals surface area (Å²) < 4.78 is 6.66. The van der Waals surface area contributed by atoms with Gasteiger partial charge < -0.3 is 9.32 Å². The van der Waals surface area contributed by atoms with E-state index in [9.17, 15) is 0 Å². The Morgan fingerprint density at radius 1 is 0.511 bits per heavy atom. The van der Waals surface area contributed by atoms with Crippen LogP contribution >= 0.6 is 0 Å². The highest BCUT2D eigenvalue weighted by Crippen LogP contribution is 2.54. The van der Waals surface area contributed by atoms with E-state index in [0.29, 0.717) is 0 Å². The van der Waals surface area contributed by atoms with Gasteiger partial charge in [-0.2, -0.15) is 0 Å². The quantitative estimate of drug-likeness (QED) is 0.207. The summed E-state index contributed by atoms with van der Waals surface area (Å²) in [5.74, 6) is 0. The normalized spacial score (nSPS) is 13.3. The largest absolute Gasteiger partial charge is 0.454 e. The first kappa shape index (κ1) is 25.9. The molecule has 0 bridgehead atoms. The summed E-state index contributed by atoms with van der Waals surface area (Å²) in [6, 6.07) is 54.6. The van der Waals surface area contributed by atoms with Crippen LogP contribution < -0.4 is 4.90 Å². The van der Waals surface area contributed by atoms with Crippen LogP contribution in [0.15, 0.2) is 156 Å². The zero-order chi connectivity index (χ0) is 30.1. The molecule has 0 saturated carbocycles. The molecular weight excluding hydrogens is 546 g/mol. The summed E-state index contributed by atoms with van der Waals surface area (Å²) in [4.78, 5) is 2.40. The number of fused-ring (bicyclic) bond motifs is 5. The van der Waals surface area contributed by atoms with Gasteiger partial charge in [-0.05, 0) is 68.9 Å². The van der Waals surface area contributed by atoms with Crippen LogP contribution in [0.5, 0.6) is 0 Å². The van der Waals surface area contributed by atoms with Gasteiger partial charge in [-0.3, -0.25) is 0 Å². The maximum Gasteiger partial charge on any atom is 0.159 e. The van der Waals surface area contributed by atoms with Crippen LogP contribution in [0.3, 0.4) is 0 Å². The minimum absolute atomic E-state index is 0.122. The Morgan fingerprint density at radius 3 is 2.07 bits per heavy atom. The lowest BCUT2D eigenvalue weighted by Crippen LogP contribution is -2.24. The Labute approximate surface area is 262 Å². The van der Waals surface area contributed by atoms with Crippen molar-refractivity contribution in [2.24, 2.45) is 0 Å². The van der Waals surface area contributed by atoms with E-state index >= 15 is 0 Å². The van der Waals surface area contributed by atoms with Crippen molar-refractivity contribution in [3.63, 3.8) is 0 Å². The molecule has 2 nitrogen and oxygen atoms in total. The first-order chi connectivity index (χ1) is 22.1. The highest BCUT2D eigenvalue weighted by molar-refractivity contribution is 6.14. The summed E-state index contributed by atoms with van der Waals surface area (Å²) in [5.41, 5.74) is 12.5. The highest BCUT2D eigenvalue weighted by Gasteiger charge is 2.35. The number of anilines is 3. The fraction of sp³-hybridized carbons (Fsp3) is 0.0698. The fourth-order valence-corrected chi connectivity index (χ4v) is 7.49. The van der Waals surface area contributed by atoms with Gasteiger partial charge in [0.1, 0.15) is 5.58 Å². The molecule has 1 aromatic heterocycles. The lowest BCUT2D eigenvalue weighted by molar-refractivity contribution is 0.645. The topological polar surface area (TPSA) is 16.4 Å². The van der Waals surface area contributed by atoms with E-state index in [2.05, 4.69) is 164 Å². The van der Waals surface area contributed by atoms with Gasteiger partial charge in [-0.1, -0.05) is 135 Å². The average molecular weight is 578 g/mol. The molecular formula is C43H31NO. The first-order valence-corrected chi connectivity index (χ1v) is 15.6. The van der Waals surface area contributed by atoms with E-state index in [1.807, 2.05) is 6.07 Å². The Balaban J connectivity index is 1.37. The van der Waals surface area contributed by atoms with Crippen molar-refractivity contribution < 1.29 is 4.42 Å². The Hall–Kier alpha value is -5.60. The van der Waals surface area contributed by atoms with Gasteiger partial charge in [-0.15, -0.1) is 0 Å². The van der Waals surface area contributed by atoms with E-state index < -0.39 is 0 Å². The van der Waals surface area contributed by atoms with E-state index in [4.69, 9.17) is 4.42 Å². The van der Waals surface area contributed by atoms with Gasteiger partial charge >= 0.3 is 0 Å². The predicted molar refractivity (Wildman–Crippen MR) is 189 cm³/mol. The Kier molecular flexibility index (Phi) is 5.58. The third kappa shape index (κ3) is 3.82. The number of nitrogens with zero attached hydrogens (tertiary/aromatic N) is 1. The fourth-order valence-electron chi connectivity index (χ4n) is 7.49. The molecule has 1 aliphatic carbocycles. The van der Waals surface area contributed by atoms with E-state index in [1.165, 1.54) is 44.2 Å².